The van der Waals surface area contributed by atoms with Crippen LogP contribution in [0.15, 0.2) is 85.1 Å². The summed E-state index contributed by atoms with van der Waals surface area (Å²) in [6, 6.07) is 20.5. The number of alkyl halides is 6. The number of thiophene rings is 1. The summed E-state index contributed by atoms with van der Waals surface area (Å²) >= 11 is 1.15. The Morgan fingerprint density at radius 2 is 1.15 bits per heavy atom. The summed E-state index contributed by atoms with van der Waals surface area (Å²) < 4.78 is 95.1. The quantitative estimate of drug-likeness (QED) is 0.196. The van der Waals surface area contributed by atoms with E-state index in [1.807, 2.05) is 0 Å². The van der Waals surface area contributed by atoms with Gasteiger partial charge < -0.3 is 4.57 Å². The molecule has 0 atom stereocenters. The first-order chi connectivity index (χ1) is 18.6. The number of pyridine rings is 1. The third-order valence-electron chi connectivity index (χ3n) is 7.39. The second-order valence-electron chi connectivity index (χ2n) is 9.51. The predicted molar refractivity (Wildman–Crippen MR) is 141 cm³/mol. The van der Waals surface area contributed by atoms with Crippen molar-refractivity contribution >= 4 is 59.6 Å². The molecule has 196 valence electrons. The highest BCUT2D eigenvalue weighted by molar-refractivity contribution is 7.20. The highest BCUT2D eigenvalue weighted by Gasteiger charge is 2.75. The summed E-state index contributed by atoms with van der Waals surface area (Å²) in [5, 5.41) is 6.05. The molecule has 0 bridgehead atoms. The van der Waals surface area contributed by atoms with Gasteiger partial charge in [-0.1, -0.05) is 54.6 Å². The van der Waals surface area contributed by atoms with Crippen LogP contribution in [-0.4, -0.2) is 26.5 Å². The van der Waals surface area contributed by atoms with E-state index in [9.17, 15) is 0 Å². The van der Waals surface area contributed by atoms with Gasteiger partial charge in [-0.05, 0) is 31.2 Å². The van der Waals surface area contributed by atoms with Crippen molar-refractivity contribution in [1.82, 2.24) is 14.2 Å². The molecule has 0 N–H and O–H groups in total. The zero-order chi connectivity index (χ0) is 27.3. The highest BCUT2D eigenvalue weighted by atomic mass is 32.1. The largest absolute Gasteiger partial charge is 0.425 e. The summed E-state index contributed by atoms with van der Waals surface area (Å²) in [6.07, 6.45) is -10.8. The molecule has 0 amide bonds. The molecule has 0 aliphatic carbocycles. The molecular formula is C29H17F6N3S. The number of aromatic nitrogens is 3. The van der Waals surface area contributed by atoms with Crippen molar-refractivity contribution in [2.24, 2.45) is 0 Å². The van der Waals surface area contributed by atoms with E-state index in [4.69, 9.17) is 0 Å². The lowest BCUT2D eigenvalue weighted by Crippen LogP contribution is -2.58. The van der Waals surface area contributed by atoms with Crippen molar-refractivity contribution in [2.45, 2.75) is 24.8 Å². The van der Waals surface area contributed by atoms with Gasteiger partial charge in [0.05, 0.1) is 33.0 Å². The minimum Gasteiger partial charge on any atom is -0.314 e. The van der Waals surface area contributed by atoms with Gasteiger partial charge >= 0.3 is 12.4 Å². The Morgan fingerprint density at radius 1 is 0.667 bits per heavy atom. The molecule has 0 saturated heterocycles. The molecule has 10 heteroatoms. The average molecular weight is 554 g/mol. The van der Waals surface area contributed by atoms with Crippen LogP contribution < -0.4 is 0 Å². The Kier molecular flexibility index (Phi) is 4.78. The zero-order valence-electron chi connectivity index (χ0n) is 20.1. The van der Waals surface area contributed by atoms with Crippen LogP contribution in [0.25, 0.3) is 48.3 Å². The second-order valence-corrected chi connectivity index (χ2v) is 10.8. The van der Waals surface area contributed by atoms with Gasteiger partial charge in [0.2, 0.25) is 0 Å². The van der Waals surface area contributed by atoms with Crippen LogP contribution in [0.4, 0.5) is 26.3 Å². The molecule has 39 heavy (non-hydrogen) atoms. The van der Waals surface area contributed by atoms with Crippen molar-refractivity contribution < 1.29 is 26.3 Å². The molecule has 4 heterocycles. The Morgan fingerprint density at radius 3 is 1.69 bits per heavy atom. The fourth-order valence-electron chi connectivity index (χ4n) is 5.91. The molecule has 0 aliphatic heterocycles. The SMILES string of the molecule is Cc1cc2c3ccccc3n3ncc(C(n4c5ccccc5c5ccccc54)(C(F)(F)F)C(F)(F)F)c3c2s1. The van der Waals surface area contributed by atoms with Crippen molar-refractivity contribution in [3.63, 3.8) is 0 Å². The number of rotatable bonds is 2. The molecule has 7 rings (SSSR count). The van der Waals surface area contributed by atoms with Gasteiger partial charge in [0, 0.05) is 32.0 Å². The van der Waals surface area contributed by atoms with Crippen LogP contribution in [0, 0.1) is 6.92 Å². The lowest BCUT2D eigenvalue weighted by Gasteiger charge is -2.39. The molecule has 0 fully saturated rings. The van der Waals surface area contributed by atoms with Crippen LogP contribution in [-0.2, 0) is 5.54 Å². The van der Waals surface area contributed by atoms with Crippen molar-refractivity contribution in [3.05, 3.63) is 95.5 Å². The number of fused-ring (bicyclic) bond motifs is 9. The number of hydrogen-bond donors (Lipinski definition) is 0. The second kappa shape index (κ2) is 7.75. The lowest BCUT2D eigenvalue weighted by molar-refractivity contribution is -0.310. The molecule has 0 spiro atoms. The number of para-hydroxylation sites is 3. The van der Waals surface area contributed by atoms with Crippen molar-refractivity contribution in [2.75, 3.05) is 0 Å². The van der Waals surface area contributed by atoms with Gasteiger partial charge in [-0.15, -0.1) is 11.3 Å². The van der Waals surface area contributed by atoms with Gasteiger partial charge in [-0.2, -0.15) is 31.4 Å². The topological polar surface area (TPSA) is 22.2 Å². The molecule has 0 saturated carbocycles. The molecule has 0 radical (unpaired) electrons. The van der Waals surface area contributed by atoms with Gasteiger partial charge in [0.15, 0.2) is 0 Å². The van der Waals surface area contributed by atoms with Crippen LogP contribution in [0.1, 0.15) is 10.4 Å². The normalized spacial score (nSPS) is 13.5. The molecule has 0 unspecified atom stereocenters. The molecule has 3 nitrogen and oxygen atoms in total. The smallest absolute Gasteiger partial charge is 0.314 e. The lowest BCUT2D eigenvalue weighted by atomic mass is 9.87. The number of nitrogens with zero attached hydrogens (tertiary/aromatic N) is 3. The van der Waals surface area contributed by atoms with Crippen LogP contribution >= 0.6 is 11.3 Å². The van der Waals surface area contributed by atoms with Crippen LogP contribution in [0.5, 0.6) is 0 Å². The summed E-state index contributed by atoms with van der Waals surface area (Å²) in [6.45, 7) is 1.78. The van der Waals surface area contributed by atoms with Crippen molar-refractivity contribution in [1.29, 1.82) is 0 Å². The minimum atomic E-state index is -5.79. The molecular weight excluding hydrogens is 536 g/mol. The summed E-state index contributed by atoms with van der Waals surface area (Å²) in [5.74, 6) is 0. The monoisotopic (exact) mass is 553 g/mol. The summed E-state index contributed by atoms with van der Waals surface area (Å²) in [5.41, 5.74) is -5.54. The van der Waals surface area contributed by atoms with E-state index < -0.39 is 23.5 Å². The Bertz CT molecular complexity index is 2010. The van der Waals surface area contributed by atoms with E-state index in [0.717, 1.165) is 22.4 Å². The first kappa shape index (κ1) is 24.0. The third kappa shape index (κ3) is 2.97. The van der Waals surface area contributed by atoms with E-state index in [1.54, 1.807) is 49.4 Å². The average Bonchev–Trinajstić information content (AvgIpc) is 3.58. The fourth-order valence-corrected chi connectivity index (χ4v) is 6.99. The number of benzene rings is 3. The zero-order valence-corrected chi connectivity index (χ0v) is 20.9. The van der Waals surface area contributed by atoms with E-state index >= 15 is 26.3 Å². The molecule has 0 aliphatic rings. The minimum absolute atomic E-state index is 0.174. The first-order valence-corrected chi connectivity index (χ1v) is 12.8. The van der Waals surface area contributed by atoms with Crippen LogP contribution in [0.2, 0.25) is 0 Å². The molecule has 7 aromatic rings. The van der Waals surface area contributed by atoms with Gasteiger partial charge in [-0.3, -0.25) is 0 Å². The highest BCUT2D eigenvalue weighted by Crippen LogP contribution is 2.57. The van der Waals surface area contributed by atoms with E-state index in [1.165, 1.54) is 40.9 Å². The van der Waals surface area contributed by atoms with Crippen molar-refractivity contribution in [3.8, 4) is 0 Å². The predicted octanol–water partition coefficient (Wildman–Crippen LogP) is 8.99. The Balaban J connectivity index is 1.78. The van der Waals surface area contributed by atoms with Gasteiger partial charge in [-0.25, -0.2) is 4.52 Å². The summed E-state index contributed by atoms with van der Waals surface area (Å²) in [7, 11) is 0. The third-order valence-corrected chi connectivity index (χ3v) is 8.44. The van der Waals surface area contributed by atoms with Gasteiger partial charge in [0.1, 0.15) is 0 Å². The van der Waals surface area contributed by atoms with Gasteiger partial charge in [0.25, 0.3) is 5.54 Å². The standard InChI is InChI=1S/C29H17F6N3S/c1-16-14-20-19-10-4-7-13-24(19)38-25(26(20)39-16)21(15-36-38)27(28(30,31)32,29(33,34)35)37-22-11-5-2-8-17(22)18-9-3-6-12-23(18)37/h2-15H,1H3. The maximum absolute atomic E-state index is 15.5. The van der Waals surface area contributed by atoms with E-state index in [0.29, 0.717) is 36.3 Å². The fraction of sp³-hybridized carbons (Fsp3) is 0.138. The first-order valence-electron chi connectivity index (χ1n) is 12.0. The Hall–Kier alpha value is -4.05. The maximum atomic E-state index is 15.5. The van der Waals surface area contributed by atoms with E-state index in [-0.39, 0.29) is 16.6 Å². The van der Waals surface area contributed by atoms with E-state index in [2.05, 4.69) is 5.10 Å². The molecule has 3 aromatic carbocycles. The van der Waals surface area contributed by atoms with Crippen LogP contribution in [0.3, 0.4) is 0 Å². The number of aryl methyl sites for hydroxylation is 1. The Labute approximate surface area is 220 Å². The summed E-state index contributed by atoms with van der Waals surface area (Å²) in [4.78, 5) is 0.761. The molecule has 4 aromatic heterocycles. The number of halogens is 6. The maximum Gasteiger partial charge on any atom is 0.425 e. The number of hydrogen-bond acceptors (Lipinski definition) is 2.